The van der Waals surface area contributed by atoms with Gasteiger partial charge in [-0.05, 0) is 12.1 Å². The van der Waals surface area contributed by atoms with Gasteiger partial charge in [0.2, 0.25) is 0 Å². The summed E-state index contributed by atoms with van der Waals surface area (Å²) in [5.41, 5.74) is 5.66. The Kier molecular flexibility index (Phi) is 3.88. The third kappa shape index (κ3) is 3.20. The molecule has 0 saturated carbocycles. The zero-order chi connectivity index (χ0) is 12.9. The zero-order valence-electron chi connectivity index (χ0n) is 10.8. The Hall–Kier alpha value is -1.69. The van der Waals surface area contributed by atoms with E-state index in [0.29, 0.717) is 0 Å². The van der Waals surface area contributed by atoms with E-state index >= 15 is 0 Å². The van der Waals surface area contributed by atoms with Crippen LogP contribution in [-0.4, -0.2) is 41.1 Å². The lowest BCUT2D eigenvalue weighted by Crippen LogP contribution is -2.45. The predicted octanol–water partition coefficient (Wildman–Crippen LogP) is 1.21. The monoisotopic (exact) mass is 258 g/mol. The van der Waals surface area contributed by atoms with Crippen LogP contribution in [0.25, 0.3) is 5.69 Å². The summed E-state index contributed by atoms with van der Waals surface area (Å²) < 4.78 is 7.21. The van der Waals surface area contributed by atoms with Gasteiger partial charge in [-0.3, -0.25) is 5.43 Å². The van der Waals surface area contributed by atoms with Gasteiger partial charge in [0.1, 0.15) is 0 Å². The molecule has 5 nitrogen and oxygen atoms in total. The van der Waals surface area contributed by atoms with Gasteiger partial charge in [0.15, 0.2) is 0 Å². The Morgan fingerprint density at radius 1 is 1.16 bits per heavy atom. The predicted molar refractivity (Wildman–Crippen MR) is 72.8 cm³/mol. The van der Waals surface area contributed by atoms with Gasteiger partial charge in [-0.1, -0.05) is 18.2 Å². The molecule has 1 aromatic carbocycles. The third-order valence-corrected chi connectivity index (χ3v) is 3.17. The quantitative estimate of drug-likeness (QED) is 0.895. The van der Waals surface area contributed by atoms with Crippen LogP contribution in [0.4, 0.5) is 0 Å². The van der Waals surface area contributed by atoms with Crippen LogP contribution >= 0.6 is 0 Å². The maximum absolute atomic E-state index is 5.32. The van der Waals surface area contributed by atoms with E-state index in [9.17, 15) is 0 Å². The molecule has 3 rings (SSSR count). The number of rotatable bonds is 4. The van der Waals surface area contributed by atoms with Crippen molar-refractivity contribution in [3.05, 3.63) is 48.3 Å². The summed E-state index contributed by atoms with van der Waals surface area (Å²) in [5, 5.41) is 6.58. The lowest BCUT2D eigenvalue weighted by Gasteiger charge is -2.26. The molecule has 100 valence electrons. The average molecular weight is 258 g/mol. The largest absolute Gasteiger partial charge is 0.379 e. The second-order valence-electron chi connectivity index (χ2n) is 4.56. The summed E-state index contributed by atoms with van der Waals surface area (Å²) in [6.07, 6.45) is 3.96. The Labute approximate surface area is 112 Å². The maximum atomic E-state index is 5.32. The highest BCUT2D eigenvalue weighted by atomic mass is 16.5. The van der Waals surface area contributed by atoms with Gasteiger partial charge < -0.3 is 4.74 Å². The summed E-state index contributed by atoms with van der Waals surface area (Å²) in [6, 6.07) is 10.1. The minimum absolute atomic E-state index is 0.798. The molecule has 0 atom stereocenters. The van der Waals surface area contributed by atoms with E-state index in [0.717, 1.165) is 38.5 Å². The topological polar surface area (TPSA) is 42.3 Å². The van der Waals surface area contributed by atoms with Crippen LogP contribution in [0.15, 0.2) is 42.7 Å². The molecule has 2 aromatic rings. The first-order valence-corrected chi connectivity index (χ1v) is 6.57. The normalized spacial score (nSPS) is 16.6. The van der Waals surface area contributed by atoms with Crippen LogP contribution in [0.5, 0.6) is 0 Å². The zero-order valence-corrected chi connectivity index (χ0v) is 10.8. The first kappa shape index (κ1) is 12.3. The number of para-hydroxylation sites is 1. The minimum atomic E-state index is 0.798. The molecule has 5 heteroatoms. The van der Waals surface area contributed by atoms with Crippen LogP contribution in [0.3, 0.4) is 0 Å². The number of morpholine rings is 1. The summed E-state index contributed by atoms with van der Waals surface area (Å²) in [5.74, 6) is 0. The molecule has 1 aliphatic rings. The van der Waals surface area contributed by atoms with Crippen LogP contribution in [0.1, 0.15) is 5.56 Å². The second kappa shape index (κ2) is 5.97. The molecule has 0 radical (unpaired) electrons. The molecule has 1 aromatic heterocycles. The summed E-state index contributed by atoms with van der Waals surface area (Å²) in [7, 11) is 0. The van der Waals surface area contributed by atoms with Crippen molar-refractivity contribution in [2.24, 2.45) is 0 Å². The van der Waals surface area contributed by atoms with Gasteiger partial charge in [0, 0.05) is 31.4 Å². The smallest absolute Gasteiger partial charge is 0.0645 e. The van der Waals surface area contributed by atoms with E-state index in [1.807, 2.05) is 41.2 Å². The van der Waals surface area contributed by atoms with E-state index < -0.39 is 0 Å². The standard InChI is InChI=1S/C14H18N4O/c1-2-4-14(5-3-1)18-12-13(11-16-18)10-15-17-6-8-19-9-7-17/h1-5,11-12,15H,6-10H2. The fourth-order valence-electron chi connectivity index (χ4n) is 2.10. The molecular weight excluding hydrogens is 240 g/mol. The average Bonchev–Trinajstić information content (AvgIpc) is 2.96. The number of hydrazine groups is 1. The number of benzene rings is 1. The highest BCUT2D eigenvalue weighted by molar-refractivity contribution is 5.30. The highest BCUT2D eigenvalue weighted by Gasteiger charge is 2.09. The van der Waals surface area contributed by atoms with Gasteiger partial charge in [-0.2, -0.15) is 5.10 Å². The minimum Gasteiger partial charge on any atom is -0.379 e. The molecule has 0 bridgehead atoms. The fourth-order valence-corrected chi connectivity index (χ4v) is 2.10. The SMILES string of the molecule is c1ccc(-n2cc(CNN3CCOCC3)cn2)cc1. The van der Waals surface area contributed by atoms with E-state index in [-0.39, 0.29) is 0 Å². The van der Waals surface area contributed by atoms with Crippen molar-refractivity contribution >= 4 is 0 Å². The molecule has 1 saturated heterocycles. The molecule has 19 heavy (non-hydrogen) atoms. The van der Waals surface area contributed by atoms with Gasteiger partial charge in [-0.15, -0.1) is 0 Å². The first-order valence-electron chi connectivity index (χ1n) is 6.57. The number of ether oxygens (including phenoxy) is 1. The number of hydrogen-bond donors (Lipinski definition) is 1. The molecule has 1 N–H and O–H groups in total. The summed E-state index contributed by atoms with van der Waals surface area (Å²) in [4.78, 5) is 0. The van der Waals surface area contributed by atoms with Crippen LogP contribution in [0.2, 0.25) is 0 Å². The van der Waals surface area contributed by atoms with Crippen LogP contribution in [0, 0.1) is 0 Å². The Balaban J connectivity index is 1.59. The van der Waals surface area contributed by atoms with E-state index in [2.05, 4.69) is 21.7 Å². The van der Waals surface area contributed by atoms with Crippen molar-refractivity contribution in [3.8, 4) is 5.69 Å². The van der Waals surface area contributed by atoms with Gasteiger partial charge >= 0.3 is 0 Å². The third-order valence-electron chi connectivity index (χ3n) is 3.17. The molecule has 0 unspecified atom stereocenters. The molecule has 1 fully saturated rings. The summed E-state index contributed by atoms with van der Waals surface area (Å²) in [6.45, 7) is 4.28. The number of aromatic nitrogens is 2. The first-order chi connectivity index (χ1) is 9.42. The highest BCUT2D eigenvalue weighted by Crippen LogP contribution is 2.07. The molecule has 0 aliphatic carbocycles. The lowest BCUT2D eigenvalue weighted by atomic mass is 10.3. The summed E-state index contributed by atoms with van der Waals surface area (Å²) >= 11 is 0. The Morgan fingerprint density at radius 2 is 1.95 bits per heavy atom. The molecular formula is C14H18N4O. The number of nitrogens with zero attached hydrogens (tertiary/aromatic N) is 3. The Bertz CT molecular complexity index is 505. The fraction of sp³-hybridized carbons (Fsp3) is 0.357. The van der Waals surface area contributed by atoms with Crippen molar-refractivity contribution < 1.29 is 4.74 Å². The van der Waals surface area contributed by atoms with Crippen LogP contribution in [-0.2, 0) is 11.3 Å². The number of hydrogen-bond acceptors (Lipinski definition) is 4. The second-order valence-corrected chi connectivity index (χ2v) is 4.56. The Morgan fingerprint density at radius 3 is 2.74 bits per heavy atom. The van der Waals surface area contributed by atoms with Crippen molar-refractivity contribution in [2.75, 3.05) is 26.3 Å². The molecule has 2 heterocycles. The van der Waals surface area contributed by atoms with E-state index in [1.165, 1.54) is 5.56 Å². The van der Waals surface area contributed by atoms with Gasteiger partial charge in [-0.25, -0.2) is 9.69 Å². The van der Waals surface area contributed by atoms with Crippen molar-refractivity contribution in [1.29, 1.82) is 0 Å². The van der Waals surface area contributed by atoms with Gasteiger partial charge in [0.05, 0.1) is 25.1 Å². The van der Waals surface area contributed by atoms with Gasteiger partial charge in [0.25, 0.3) is 0 Å². The number of nitrogens with one attached hydrogen (secondary N) is 1. The van der Waals surface area contributed by atoms with Crippen LogP contribution < -0.4 is 5.43 Å². The molecule has 1 aliphatic heterocycles. The van der Waals surface area contributed by atoms with E-state index in [4.69, 9.17) is 4.74 Å². The van der Waals surface area contributed by atoms with E-state index in [1.54, 1.807) is 0 Å². The lowest BCUT2D eigenvalue weighted by molar-refractivity contribution is 0.0106. The van der Waals surface area contributed by atoms with Crippen molar-refractivity contribution in [1.82, 2.24) is 20.2 Å². The van der Waals surface area contributed by atoms with Crippen molar-refractivity contribution in [3.63, 3.8) is 0 Å². The van der Waals surface area contributed by atoms with Crippen molar-refractivity contribution in [2.45, 2.75) is 6.54 Å². The molecule has 0 spiro atoms. The molecule has 0 amide bonds. The maximum Gasteiger partial charge on any atom is 0.0645 e.